The molecule has 1 aromatic rings. The zero-order chi connectivity index (χ0) is 13.1. The predicted octanol–water partition coefficient (Wildman–Crippen LogP) is 4.28. The number of rotatable bonds is 3. The van der Waals surface area contributed by atoms with E-state index in [1.54, 1.807) is 0 Å². The maximum atomic E-state index is 11.7. The fourth-order valence-electron chi connectivity index (χ4n) is 1.56. The van der Waals surface area contributed by atoms with Gasteiger partial charge >= 0.3 is 5.97 Å². The van der Waals surface area contributed by atoms with E-state index in [2.05, 4.69) is 15.9 Å². The molecule has 0 aromatic heterocycles. The van der Waals surface area contributed by atoms with E-state index in [1.807, 2.05) is 52.0 Å². The van der Waals surface area contributed by atoms with Crippen molar-refractivity contribution in [3.8, 4) is 0 Å². The van der Waals surface area contributed by atoms with Crippen LogP contribution in [0.3, 0.4) is 0 Å². The molecule has 2 nitrogen and oxygen atoms in total. The van der Waals surface area contributed by atoms with Gasteiger partial charge in [-0.2, -0.15) is 0 Å². The summed E-state index contributed by atoms with van der Waals surface area (Å²) in [5.74, 6) is 0.0207. The monoisotopic (exact) mass is 298 g/mol. The van der Waals surface area contributed by atoms with Gasteiger partial charge in [0.15, 0.2) is 0 Å². The highest BCUT2D eigenvalue weighted by molar-refractivity contribution is 9.10. The van der Waals surface area contributed by atoms with Crippen molar-refractivity contribution in [1.82, 2.24) is 0 Å². The summed E-state index contributed by atoms with van der Waals surface area (Å²) < 4.78 is 6.34. The molecule has 0 aliphatic heterocycles. The van der Waals surface area contributed by atoms with Gasteiger partial charge in [-0.3, -0.25) is 4.79 Å². The maximum Gasteiger partial charge on any atom is 0.306 e. The van der Waals surface area contributed by atoms with Crippen LogP contribution in [-0.4, -0.2) is 11.6 Å². The zero-order valence-corrected chi connectivity index (χ0v) is 12.4. The van der Waals surface area contributed by atoms with Crippen molar-refractivity contribution in [3.63, 3.8) is 0 Å². The number of ether oxygens (including phenoxy) is 1. The molecule has 94 valence electrons. The molecule has 0 heterocycles. The molecule has 0 fully saturated rings. The van der Waals surface area contributed by atoms with Gasteiger partial charge in [-0.15, -0.1) is 0 Å². The van der Waals surface area contributed by atoms with Crippen LogP contribution in [-0.2, 0) is 9.53 Å². The third kappa shape index (κ3) is 5.35. The molecule has 0 N–H and O–H groups in total. The van der Waals surface area contributed by atoms with Crippen molar-refractivity contribution >= 4 is 21.9 Å². The summed E-state index contributed by atoms with van der Waals surface area (Å²) in [4.78, 5) is 11.7. The normalized spacial score (nSPS) is 13.2. The summed E-state index contributed by atoms with van der Waals surface area (Å²) in [5.41, 5.74) is 0.735. The average molecular weight is 299 g/mol. The van der Waals surface area contributed by atoms with Crippen LogP contribution in [0.4, 0.5) is 0 Å². The molecule has 0 unspecified atom stereocenters. The van der Waals surface area contributed by atoms with Crippen molar-refractivity contribution < 1.29 is 9.53 Å². The molecule has 0 aliphatic carbocycles. The zero-order valence-electron chi connectivity index (χ0n) is 10.8. The van der Waals surface area contributed by atoms with Crippen LogP contribution in [0.2, 0.25) is 0 Å². The van der Waals surface area contributed by atoms with E-state index in [1.165, 1.54) is 0 Å². The first kappa shape index (κ1) is 14.2. The molecule has 0 bridgehead atoms. The van der Waals surface area contributed by atoms with Crippen LogP contribution in [0.15, 0.2) is 28.7 Å². The molecule has 1 atom stereocenters. The molecule has 0 aliphatic rings. The second kappa shape index (κ2) is 5.67. The van der Waals surface area contributed by atoms with Crippen molar-refractivity contribution in [1.29, 1.82) is 0 Å². The highest BCUT2D eigenvalue weighted by Gasteiger charge is 2.19. The average Bonchev–Trinajstić information content (AvgIpc) is 2.14. The van der Waals surface area contributed by atoms with Gasteiger partial charge in [0.2, 0.25) is 0 Å². The first-order valence-electron chi connectivity index (χ1n) is 5.75. The van der Waals surface area contributed by atoms with Crippen molar-refractivity contribution in [3.05, 3.63) is 34.3 Å². The summed E-state index contributed by atoms with van der Waals surface area (Å²) in [6.45, 7) is 7.68. The van der Waals surface area contributed by atoms with Gasteiger partial charge in [0.25, 0.3) is 0 Å². The second-order valence-electron chi connectivity index (χ2n) is 5.25. The Morgan fingerprint density at radius 3 is 2.59 bits per heavy atom. The minimum atomic E-state index is -0.409. The number of carbonyl (C=O) groups excluding carboxylic acids is 1. The molecule has 3 heteroatoms. The number of benzene rings is 1. The Morgan fingerprint density at radius 2 is 2.06 bits per heavy atom. The second-order valence-corrected chi connectivity index (χ2v) is 6.16. The molecule has 0 saturated heterocycles. The Kier molecular flexibility index (Phi) is 4.75. The van der Waals surface area contributed by atoms with Gasteiger partial charge < -0.3 is 4.74 Å². The SMILES string of the molecule is C[C@@H](CC(=O)OC(C)(C)C)c1cccc(Br)c1. The predicted molar refractivity (Wildman–Crippen MR) is 73.0 cm³/mol. The number of hydrogen-bond donors (Lipinski definition) is 0. The van der Waals surface area contributed by atoms with Crippen molar-refractivity contribution in [2.45, 2.75) is 45.6 Å². The highest BCUT2D eigenvalue weighted by atomic mass is 79.9. The van der Waals surface area contributed by atoms with Crippen LogP contribution in [0, 0.1) is 0 Å². The topological polar surface area (TPSA) is 26.3 Å². The third-order valence-electron chi connectivity index (χ3n) is 2.31. The van der Waals surface area contributed by atoms with Crippen molar-refractivity contribution in [2.24, 2.45) is 0 Å². The van der Waals surface area contributed by atoms with E-state index in [4.69, 9.17) is 4.74 Å². The van der Waals surface area contributed by atoms with E-state index in [-0.39, 0.29) is 11.9 Å². The fourth-order valence-corrected chi connectivity index (χ4v) is 1.98. The minimum Gasteiger partial charge on any atom is -0.460 e. The molecule has 0 spiro atoms. The minimum absolute atomic E-state index is 0.148. The molecule has 0 amide bonds. The van der Waals surface area contributed by atoms with E-state index in [9.17, 15) is 4.79 Å². The van der Waals surface area contributed by atoms with E-state index in [0.717, 1.165) is 10.0 Å². The quantitative estimate of drug-likeness (QED) is 0.778. The molecule has 1 aromatic carbocycles. The van der Waals surface area contributed by atoms with Crippen molar-refractivity contribution in [2.75, 3.05) is 0 Å². The van der Waals surface area contributed by atoms with Gasteiger partial charge in [0.1, 0.15) is 5.60 Å². The lowest BCUT2D eigenvalue weighted by atomic mass is 9.98. The summed E-state index contributed by atoms with van der Waals surface area (Å²) >= 11 is 3.43. The number of esters is 1. The first-order valence-corrected chi connectivity index (χ1v) is 6.54. The van der Waals surface area contributed by atoms with Crippen LogP contribution in [0.25, 0.3) is 0 Å². The van der Waals surface area contributed by atoms with E-state index in [0.29, 0.717) is 6.42 Å². The molecule has 0 saturated carbocycles. The Labute approximate surface area is 111 Å². The molecular formula is C14H19BrO2. The van der Waals surface area contributed by atoms with Gasteiger partial charge in [-0.05, 0) is 44.4 Å². The smallest absolute Gasteiger partial charge is 0.306 e. The summed E-state index contributed by atoms with van der Waals surface area (Å²) in [6, 6.07) is 8.02. The summed E-state index contributed by atoms with van der Waals surface area (Å²) in [5, 5.41) is 0. The van der Waals surface area contributed by atoms with Gasteiger partial charge in [0.05, 0.1) is 6.42 Å². The fraction of sp³-hybridized carbons (Fsp3) is 0.500. The standard InChI is InChI=1S/C14H19BrO2/c1-10(8-13(16)17-14(2,3)4)11-6-5-7-12(15)9-11/h5-7,9-10H,8H2,1-4H3/t10-/m0/s1. The Hall–Kier alpha value is -0.830. The molecule has 0 radical (unpaired) electrons. The Balaban J connectivity index is 2.61. The Morgan fingerprint density at radius 1 is 1.41 bits per heavy atom. The Bertz CT molecular complexity index is 393. The lowest BCUT2D eigenvalue weighted by Crippen LogP contribution is -2.24. The van der Waals surface area contributed by atoms with Gasteiger partial charge in [-0.1, -0.05) is 35.0 Å². The van der Waals surface area contributed by atoms with Gasteiger partial charge in [0, 0.05) is 4.47 Å². The summed E-state index contributed by atoms with van der Waals surface area (Å²) in [6.07, 6.45) is 0.410. The first-order chi connectivity index (χ1) is 7.78. The largest absolute Gasteiger partial charge is 0.460 e. The maximum absolute atomic E-state index is 11.7. The number of carbonyl (C=O) groups is 1. The molecular weight excluding hydrogens is 280 g/mol. The highest BCUT2D eigenvalue weighted by Crippen LogP contribution is 2.23. The van der Waals surface area contributed by atoms with Crippen LogP contribution in [0.5, 0.6) is 0 Å². The number of hydrogen-bond acceptors (Lipinski definition) is 2. The van der Waals surface area contributed by atoms with E-state index >= 15 is 0 Å². The summed E-state index contributed by atoms with van der Waals surface area (Å²) in [7, 11) is 0. The van der Waals surface area contributed by atoms with Gasteiger partial charge in [-0.25, -0.2) is 0 Å². The number of halogens is 1. The van der Waals surface area contributed by atoms with E-state index < -0.39 is 5.60 Å². The van der Waals surface area contributed by atoms with Crippen LogP contribution >= 0.6 is 15.9 Å². The van der Waals surface area contributed by atoms with Crippen LogP contribution in [0.1, 0.15) is 45.6 Å². The molecule has 17 heavy (non-hydrogen) atoms. The lowest BCUT2D eigenvalue weighted by molar-refractivity contribution is -0.155. The lowest BCUT2D eigenvalue weighted by Gasteiger charge is -2.21. The third-order valence-corrected chi connectivity index (χ3v) is 2.80. The molecule has 1 rings (SSSR count). The van der Waals surface area contributed by atoms with Crippen LogP contribution < -0.4 is 0 Å².